The van der Waals surface area contributed by atoms with Gasteiger partial charge in [0.25, 0.3) is 0 Å². The highest BCUT2D eigenvalue weighted by atomic mass is 16.1. The van der Waals surface area contributed by atoms with E-state index in [2.05, 4.69) is 17.2 Å². The molecular weight excluding hydrogens is 200 g/mol. The number of hydrogen-bond donors (Lipinski definition) is 2. The van der Waals surface area contributed by atoms with Gasteiger partial charge in [-0.1, -0.05) is 18.2 Å². The van der Waals surface area contributed by atoms with Crippen molar-refractivity contribution in [1.82, 2.24) is 5.32 Å². The number of amides is 1. The monoisotopic (exact) mass is 218 g/mol. The van der Waals surface area contributed by atoms with Gasteiger partial charge in [-0.3, -0.25) is 4.79 Å². The largest absolute Gasteiger partial charge is 0.325 e. The lowest BCUT2D eigenvalue weighted by molar-refractivity contribution is -0.115. The summed E-state index contributed by atoms with van der Waals surface area (Å²) in [4.78, 5) is 11.5. The van der Waals surface area contributed by atoms with E-state index < -0.39 is 0 Å². The molecule has 1 rings (SSSR count). The van der Waals surface area contributed by atoms with Gasteiger partial charge >= 0.3 is 0 Å². The van der Waals surface area contributed by atoms with E-state index >= 15 is 0 Å². The first-order chi connectivity index (χ1) is 7.72. The van der Waals surface area contributed by atoms with Gasteiger partial charge in [-0.2, -0.15) is 0 Å². The van der Waals surface area contributed by atoms with Crippen LogP contribution in [0.3, 0.4) is 0 Å². The molecule has 3 nitrogen and oxygen atoms in total. The molecule has 0 saturated heterocycles. The van der Waals surface area contributed by atoms with Crippen LogP contribution >= 0.6 is 0 Å². The van der Waals surface area contributed by atoms with Crippen molar-refractivity contribution in [1.29, 1.82) is 0 Å². The van der Waals surface area contributed by atoms with Gasteiger partial charge in [0, 0.05) is 5.69 Å². The molecule has 0 saturated carbocycles. The van der Waals surface area contributed by atoms with E-state index in [9.17, 15) is 4.79 Å². The Morgan fingerprint density at radius 1 is 1.50 bits per heavy atom. The zero-order valence-corrected chi connectivity index (χ0v) is 9.62. The van der Waals surface area contributed by atoms with Crippen LogP contribution in [0.5, 0.6) is 0 Å². The smallest absolute Gasteiger partial charge is 0.238 e. The van der Waals surface area contributed by atoms with E-state index in [1.54, 1.807) is 0 Å². The second kappa shape index (κ2) is 6.80. The molecule has 0 aromatic heterocycles. The van der Waals surface area contributed by atoms with E-state index in [1.807, 2.05) is 37.3 Å². The van der Waals surface area contributed by atoms with Crippen LogP contribution in [0.2, 0.25) is 0 Å². The molecule has 0 aliphatic rings. The summed E-state index contributed by atoms with van der Waals surface area (Å²) in [6.07, 6.45) is 2.70. The van der Waals surface area contributed by atoms with Crippen LogP contribution in [-0.2, 0) is 4.79 Å². The van der Waals surface area contributed by atoms with Crippen molar-refractivity contribution < 1.29 is 4.79 Å². The molecule has 0 aliphatic heterocycles. The van der Waals surface area contributed by atoms with Crippen LogP contribution in [0.15, 0.2) is 36.9 Å². The van der Waals surface area contributed by atoms with Crippen LogP contribution in [0.25, 0.3) is 0 Å². The number of rotatable bonds is 6. The van der Waals surface area contributed by atoms with Gasteiger partial charge in [-0.05, 0) is 37.6 Å². The van der Waals surface area contributed by atoms with Gasteiger partial charge in [0.15, 0.2) is 0 Å². The third-order valence-corrected chi connectivity index (χ3v) is 2.11. The Morgan fingerprint density at radius 2 is 2.31 bits per heavy atom. The molecule has 0 spiro atoms. The van der Waals surface area contributed by atoms with Crippen molar-refractivity contribution in [3.05, 3.63) is 42.5 Å². The Hall–Kier alpha value is -1.61. The summed E-state index contributed by atoms with van der Waals surface area (Å²) in [5.41, 5.74) is 1.98. The second-order valence-corrected chi connectivity index (χ2v) is 3.67. The molecule has 0 unspecified atom stereocenters. The highest BCUT2D eigenvalue weighted by Crippen LogP contribution is 2.08. The highest BCUT2D eigenvalue weighted by Gasteiger charge is 2.00. The Kier molecular flexibility index (Phi) is 5.29. The highest BCUT2D eigenvalue weighted by molar-refractivity contribution is 5.92. The molecule has 0 heterocycles. The van der Waals surface area contributed by atoms with Crippen LogP contribution in [0.1, 0.15) is 12.0 Å². The lowest BCUT2D eigenvalue weighted by Gasteiger charge is -2.06. The molecule has 0 bridgehead atoms. The Morgan fingerprint density at radius 3 is 3.00 bits per heavy atom. The van der Waals surface area contributed by atoms with Crippen molar-refractivity contribution >= 4 is 11.6 Å². The molecule has 1 aromatic carbocycles. The summed E-state index contributed by atoms with van der Waals surface area (Å²) in [6.45, 7) is 6.73. The van der Waals surface area contributed by atoms with E-state index in [1.165, 1.54) is 0 Å². The van der Waals surface area contributed by atoms with Gasteiger partial charge in [0.2, 0.25) is 5.91 Å². The van der Waals surface area contributed by atoms with E-state index in [-0.39, 0.29) is 5.91 Å². The topological polar surface area (TPSA) is 41.1 Å². The van der Waals surface area contributed by atoms with Gasteiger partial charge in [-0.15, -0.1) is 6.58 Å². The molecule has 86 valence electrons. The lowest BCUT2D eigenvalue weighted by Crippen LogP contribution is -2.28. The maximum atomic E-state index is 11.5. The van der Waals surface area contributed by atoms with Crippen LogP contribution < -0.4 is 10.6 Å². The zero-order valence-electron chi connectivity index (χ0n) is 9.62. The van der Waals surface area contributed by atoms with E-state index in [0.29, 0.717) is 6.54 Å². The van der Waals surface area contributed by atoms with E-state index in [4.69, 9.17) is 0 Å². The molecule has 2 N–H and O–H groups in total. The number of carbonyl (C=O) groups excluding carboxylic acids is 1. The Balaban J connectivity index is 2.31. The molecule has 0 radical (unpaired) electrons. The lowest BCUT2D eigenvalue weighted by atomic mass is 10.2. The van der Waals surface area contributed by atoms with Crippen LogP contribution in [0.4, 0.5) is 5.69 Å². The van der Waals surface area contributed by atoms with Crippen LogP contribution in [0, 0.1) is 6.92 Å². The number of anilines is 1. The fourth-order valence-electron chi connectivity index (χ4n) is 1.33. The number of carbonyl (C=O) groups is 1. The third kappa shape index (κ3) is 4.75. The summed E-state index contributed by atoms with van der Waals surface area (Å²) in [7, 11) is 0. The maximum Gasteiger partial charge on any atom is 0.238 e. The maximum absolute atomic E-state index is 11.5. The van der Waals surface area contributed by atoms with Crippen molar-refractivity contribution in [3.8, 4) is 0 Å². The summed E-state index contributed by atoms with van der Waals surface area (Å²) < 4.78 is 0. The molecule has 16 heavy (non-hydrogen) atoms. The fraction of sp³-hybridized carbons (Fsp3) is 0.308. The molecular formula is C13H18N2O. The molecule has 1 aromatic rings. The number of nitrogens with one attached hydrogen (secondary N) is 2. The molecule has 0 atom stereocenters. The standard InChI is InChI=1S/C13H18N2O/c1-3-4-8-14-10-13(16)15-12-7-5-6-11(2)9-12/h3,5-7,9,14H,1,4,8,10H2,2H3,(H,15,16). The number of aryl methyl sites for hydroxylation is 1. The van der Waals surface area contributed by atoms with Crippen molar-refractivity contribution in [3.63, 3.8) is 0 Å². The summed E-state index contributed by atoms with van der Waals surface area (Å²) in [5, 5.41) is 5.87. The van der Waals surface area contributed by atoms with Crippen molar-refractivity contribution in [2.24, 2.45) is 0 Å². The number of benzene rings is 1. The molecule has 0 fully saturated rings. The van der Waals surface area contributed by atoms with Crippen molar-refractivity contribution in [2.75, 3.05) is 18.4 Å². The predicted molar refractivity (Wildman–Crippen MR) is 67.5 cm³/mol. The second-order valence-electron chi connectivity index (χ2n) is 3.67. The Bertz CT molecular complexity index is 361. The van der Waals surface area contributed by atoms with Gasteiger partial charge in [0.05, 0.1) is 6.54 Å². The molecule has 3 heteroatoms. The summed E-state index contributed by atoms with van der Waals surface area (Å²) in [6, 6.07) is 7.75. The predicted octanol–water partition coefficient (Wildman–Crippen LogP) is 2.10. The first-order valence-electron chi connectivity index (χ1n) is 5.40. The first kappa shape index (κ1) is 12.5. The zero-order chi connectivity index (χ0) is 11.8. The SMILES string of the molecule is C=CCCNCC(=O)Nc1cccc(C)c1. The Labute approximate surface area is 96.6 Å². The fourth-order valence-corrected chi connectivity index (χ4v) is 1.33. The minimum absolute atomic E-state index is 0.0188. The first-order valence-corrected chi connectivity index (χ1v) is 5.40. The van der Waals surface area contributed by atoms with Gasteiger partial charge in [0.1, 0.15) is 0 Å². The van der Waals surface area contributed by atoms with Crippen LogP contribution in [-0.4, -0.2) is 19.0 Å². The minimum atomic E-state index is -0.0188. The van der Waals surface area contributed by atoms with Crippen molar-refractivity contribution in [2.45, 2.75) is 13.3 Å². The third-order valence-electron chi connectivity index (χ3n) is 2.11. The summed E-state index contributed by atoms with van der Waals surface area (Å²) >= 11 is 0. The quantitative estimate of drug-likeness (QED) is 0.567. The normalized spacial score (nSPS) is 9.81. The molecule has 1 amide bonds. The summed E-state index contributed by atoms with van der Waals surface area (Å²) in [5.74, 6) is -0.0188. The average Bonchev–Trinajstić information content (AvgIpc) is 2.24. The average molecular weight is 218 g/mol. The number of hydrogen-bond acceptors (Lipinski definition) is 2. The minimum Gasteiger partial charge on any atom is -0.325 e. The molecule has 0 aliphatic carbocycles. The van der Waals surface area contributed by atoms with E-state index in [0.717, 1.165) is 24.2 Å². The van der Waals surface area contributed by atoms with Gasteiger partial charge < -0.3 is 10.6 Å². The van der Waals surface area contributed by atoms with Gasteiger partial charge in [-0.25, -0.2) is 0 Å².